The van der Waals surface area contributed by atoms with Crippen LogP contribution in [-0.4, -0.2) is 5.24 Å². The first-order chi connectivity index (χ1) is 8.28. The quantitative estimate of drug-likeness (QED) is 0.444. The smallest absolute Gasteiger partial charge is 0.227 e. The summed E-state index contributed by atoms with van der Waals surface area (Å²) in [5.41, 5.74) is -0.0780. The molecule has 0 rings (SSSR count). The minimum Gasteiger partial charge on any atom is -0.281 e. The van der Waals surface area contributed by atoms with Crippen molar-refractivity contribution >= 4 is 16.8 Å². The highest BCUT2D eigenvalue weighted by Crippen LogP contribution is 2.41. The molecule has 0 aliphatic heterocycles. The van der Waals surface area contributed by atoms with Crippen molar-refractivity contribution in [2.24, 2.45) is 22.2 Å². The average Bonchev–Trinajstić information content (AvgIpc) is 2.13. The lowest BCUT2D eigenvalue weighted by Crippen LogP contribution is -2.31. The normalized spacial score (nSPS) is 15.8. The van der Waals surface area contributed by atoms with Crippen molar-refractivity contribution in [1.82, 2.24) is 0 Å². The van der Waals surface area contributed by atoms with Crippen molar-refractivity contribution in [3.8, 4) is 0 Å². The Morgan fingerprint density at radius 1 is 1.11 bits per heavy atom. The van der Waals surface area contributed by atoms with Gasteiger partial charge in [0, 0.05) is 5.41 Å². The van der Waals surface area contributed by atoms with Gasteiger partial charge in [-0.3, -0.25) is 4.79 Å². The van der Waals surface area contributed by atoms with E-state index < -0.39 is 5.41 Å². The standard InChI is InChI=1S/C17H31ClO/c1-13(10-9-11-15(2,3)4)16(5,6)12-17(7,8)14(18)19/h9-10,13H,11-12H2,1-8H3. The number of carbonyl (C=O) groups is 1. The highest BCUT2D eigenvalue weighted by atomic mass is 35.5. The number of carbonyl (C=O) groups excluding carboxylic acids is 1. The van der Waals surface area contributed by atoms with Gasteiger partial charge in [-0.2, -0.15) is 0 Å². The van der Waals surface area contributed by atoms with Gasteiger partial charge < -0.3 is 0 Å². The Hall–Kier alpha value is -0.300. The largest absolute Gasteiger partial charge is 0.281 e. The molecule has 0 aromatic carbocycles. The monoisotopic (exact) mass is 286 g/mol. The summed E-state index contributed by atoms with van der Waals surface area (Å²) in [6.07, 6.45) is 6.41. The van der Waals surface area contributed by atoms with Gasteiger partial charge in [0.2, 0.25) is 5.24 Å². The Morgan fingerprint density at radius 3 is 1.95 bits per heavy atom. The van der Waals surface area contributed by atoms with Crippen LogP contribution in [0.15, 0.2) is 12.2 Å². The van der Waals surface area contributed by atoms with Gasteiger partial charge in [-0.1, -0.05) is 67.5 Å². The van der Waals surface area contributed by atoms with Gasteiger partial charge in [0.1, 0.15) is 0 Å². The van der Waals surface area contributed by atoms with E-state index in [-0.39, 0.29) is 10.7 Å². The molecule has 0 spiro atoms. The Labute approximate surface area is 124 Å². The Kier molecular flexibility index (Phi) is 6.33. The second kappa shape index (κ2) is 6.43. The van der Waals surface area contributed by atoms with Gasteiger partial charge in [-0.15, -0.1) is 0 Å². The van der Waals surface area contributed by atoms with Crippen LogP contribution in [0.5, 0.6) is 0 Å². The van der Waals surface area contributed by atoms with Crippen LogP contribution in [0.4, 0.5) is 0 Å². The topological polar surface area (TPSA) is 17.1 Å². The zero-order valence-corrected chi connectivity index (χ0v) is 14.7. The molecule has 1 atom stereocenters. The molecule has 0 N–H and O–H groups in total. The summed E-state index contributed by atoms with van der Waals surface area (Å²) in [7, 11) is 0. The molecule has 0 amide bonds. The summed E-state index contributed by atoms with van der Waals surface area (Å²) >= 11 is 5.69. The highest BCUT2D eigenvalue weighted by Gasteiger charge is 2.35. The Balaban J connectivity index is 4.69. The average molecular weight is 287 g/mol. The van der Waals surface area contributed by atoms with Crippen LogP contribution in [0.2, 0.25) is 0 Å². The van der Waals surface area contributed by atoms with E-state index in [1.165, 1.54) is 0 Å². The molecule has 0 radical (unpaired) electrons. The summed E-state index contributed by atoms with van der Waals surface area (Å²) in [6, 6.07) is 0. The maximum atomic E-state index is 11.5. The molecule has 19 heavy (non-hydrogen) atoms. The molecule has 0 aromatic heterocycles. The van der Waals surface area contributed by atoms with Gasteiger partial charge in [0.25, 0.3) is 0 Å². The van der Waals surface area contributed by atoms with Crippen molar-refractivity contribution in [2.45, 2.75) is 68.2 Å². The molecule has 0 saturated heterocycles. The van der Waals surface area contributed by atoms with Gasteiger partial charge in [0.15, 0.2) is 0 Å². The molecule has 0 aliphatic carbocycles. The maximum absolute atomic E-state index is 11.5. The van der Waals surface area contributed by atoms with Gasteiger partial charge in [0.05, 0.1) is 0 Å². The van der Waals surface area contributed by atoms with Crippen LogP contribution < -0.4 is 0 Å². The second-order valence-corrected chi connectivity index (χ2v) is 8.65. The summed E-state index contributed by atoms with van der Waals surface area (Å²) in [4.78, 5) is 11.5. The van der Waals surface area contributed by atoms with E-state index in [9.17, 15) is 4.79 Å². The molecule has 0 saturated carbocycles. The van der Waals surface area contributed by atoms with Crippen LogP contribution in [0, 0.1) is 22.2 Å². The van der Waals surface area contributed by atoms with Crippen LogP contribution in [-0.2, 0) is 4.79 Å². The Morgan fingerprint density at radius 2 is 1.58 bits per heavy atom. The molecule has 0 aromatic rings. The lowest BCUT2D eigenvalue weighted by atomic mass is 9.69. The highest BCUT2D eigenvalue weighted by molar-refractivity contribution is 6.64. The van der Waals surface area contributed by atoms with Crippen molar-refractivity contribution in [3.05, 3.63) is 12.2 Å². The van der Waals surface area contributed by atoms with Crippen LogP contribution >= 0.6 is 11.6 Å². The second-order valence-electron chi connectivity index (χ2n) is 8.30. The van der Waals surface area contributed by atoms with Crippen molar-refractivity contribution < 1.29 is 4.79 Å². The molecule has 2 heteroatoms. The molecule has 112 valence electrons. The molecular formula is C17H31ClO. The zero-order chi connectivity index (χ0) is 15.5. The first-order valence-electron chi connectivity index (χ1n) is 7.14. The number of allylic oxidation sites excluding steroid dienone is 2. The fourth-order valence-electron chi connectivity index (χ4n) is 2.26. The predicted molar refractivity (Wildman–Crippen MR) is 85.4 cm³/mol. The van der Waals surface area contributed by atoms with Crippen LogP contribution in [0.25, 0.3) is 0 Å². The molecule has 0 heterocycles. The van der Waals surface area contributed by atoms with Crippen molar-refractivity contribution in [1.29, 1.82) is 0 Å². The van der Waals surface area contributed by atoms with Gasteiger partial charge >= 0.3 is 0 Å². The minimum atomic E-state index is -0.461. The van der Waals surface area contributed by atoms with E-state index in [0.717, 1.165) is 12.8 Å². The first-order valence-corrected chi connectivity index (χ1v) is 7.52. The third kappa shape index (κ3) is 7.15. The van der Waals surface area contributed by atoms with Crippen molar-refractivity contribution in [3.63, 3.8) is 0 Å². The lowest BCUT2D eigenvalue weighted by Gasteiger charge is -2.36. The summed E-state index contributed by atoms with van der Waals surface area (Å²) in [5, 5.41) is -0.244. The third-order valence-corrected chi connectivity index (χ3v) is 4.33. The Bertz CT molecular complexity index is 332. The molecule has 1 nitrogen and oxygen atoms in total. The van der Waals surface area contributed by atoms with E-state index in [1.807, 2.05) is 13.8 Å². The SMILES string of the molecule is CC(C=CCC(C)(C)C)C(C)(C)CC(C)(C)C(=O)Cl. The molecule has 0 aliphatic rings. The van der Waals surface area contributed by atoms with E-state index in [2.05, 4.69) is 53.7 Å². The number of hydrogen-bond donors (Lipinski definition) is 0. The van der Waals surface area contributed by atoms with Crippen LogP contribution in [0.3, 0.4) is 0 Å². The lowest BCUT2D eigenvalue weighted by molar-refractivity contribution is -0.120. The van der Waals surface area contributed by atoms with Crippen molar-refractivity contribution in [2.75, 3.05) is 0 Å². The fraction of sp³-hybridized carbons (Fsp3) is 0.824. The molecular weight excluding hydrogens is 256 g/mol. The van der Waals surface area contributed by atoms with Crippen LogP contribution in [0.1, 0.15) is 68.2 Å². The first kappa shape index (κ1) is 18.7. The molecule has 0 bridgehead atoms. The minimum absolute atomic E-state index is 0.0580. The zero-order valence-electron chi connectivity index (χ0n) is 13.9. The number of halogens is 1. The maximum Gasteiger partial charge on any atom is 0.227 e. The van der Waals surface area contributed by atoms with E-state index >= 15 is 0 Å². The fourth-order valence-corrected chi connectivity index (χ4v) is 2.32. The summed E-state index contributed by atoms with van der Waals surface area (Å²) in [6.45, 7) is 17.2. The molecule has 0 fully saturated rings. The summed E-state index contributed by atoms with van der Waals surface area (Å²) in [5.74, 6) is 0.421. The van der Waals surface area contributed by atoms with E-state index in [0.29, 0.717) is 11.3 Å². The molecule has 1 unspecified atom stereocenters. The van der Waals surface area contributed by atoms with E-state index in [4.69, 9.17) is 11.6 Å². The number of rotatable bonds is 6. The number of hydrogen-bond acceptors (Lipinski definition) is 1. The summed E-state index contributed by atoms with van der Waals surface area (Å²) < 4.78 is 0. The third-order valence-electron chi connectivity index (χ3n) is 3.82. The van der Waals surface area contributed by atoms with Gasteiger partial charge in [-0.05, 0) is 41.2 Å². The van der Waals surface area contributed by atoms with Gasteiger partial charge in [-0.25, -0.2) is 0 Å². The van der Waals surface area contributed by atoms with E-state index in [1.54, 1.807) is 0 Å². The predicted octanol–water partition coefficient (Wildman–Crippen LogP) is 5.82.